The molecule has 0 aliphatic carbocycles. The van der Waals surface area contributed by atoms with Crippen LogP contribution >= 0.6 is 0 Å². The Kier molecular flexibility index (Phi) is 5.13. The average Bonchev–Trinajstić information content (AvgIpc) is 3.34. The molecule has 2 aromatic carbocycles. The zero-order valence-electron chi connectivity index (χ0n) is 18.0. The molecular weight excluding hydrogens is 460 g/mol. The summed E-state index contributed by atoms with van der Waals surface area (Å²) in [5.74, 6) is 0.647. The average molecular weight is 478 g/mol. The van der Waals surface area contributed by atoms with Gasteiger partial charge in [-0.25, -0.2) is 17.9 Å². The fourth-order valence-corrected chi connectivity index (χ4v) is 4.45. The Hall–Kier alpha value is -4.45. The lowest BCUT2D eigenvalue weighted by Crippen LogP contribution is -2.12. The molecule has 0 atom stereocenters. The monoisotopic (exact) mass is 478 g/mol. The molecule has 0 radical (unpaired) electrons. The van der Waals surface area contributed by atoms with E-state index in [2.05, 4.69) is 25.0 Å². The minimum atomic E-state index is -3.89. The summed E-state index contributed by atoms with van der Waals surface area (Å²) in [5, 5.41) is 12.6. The fraction of sp³-hybridized carbons (Fsp3) is 0.0909. The maximum absolute atomic E-state index is 12.7. The Labute approximate surface area is 193 Å². The summed E-state index contributed by atoms with van der Waals surface area (Å²) in [6.07, 6.45) is 0. The SMILES string of the molecule is Cc1cc(C)n(-c2ccc(Oc3ccc(NS(=O)(=O)c4ccc5oc(=O)[nH]c5c4)cc3)nn2)n1. The molecule has 2 N–H and O–H groups in total. The molecule has 34 heavy (non-hydrogen) atoms. The lowest BCUT2D eigenvalue weighted by atomic mass is 10.3. The van der Waals surface area contributed by atoms with Crippen LogP contribution in [-0.4, -0.2) is 33.4 Å². The minimum Gasteiger partial charge on any atom is -0.438 e. The van der Waals surface area contributed by atoms with Gasteiger partial charge in [-0.1, -0.05) is 0 Å². The van der Waals surface area contributed by atoms with Crippen molar-refractivity contribution in [2.75, 3.05) is 4.72 Å². The van der Waals surface area contributed by atoms with Crippen molar-refractivity contribution in [1.29, 1.82) is 0 Å². The van der Waals surface area contributed by atoms with Gasteiger partial charge in [0.25, 0.3) is 10.0 Å². The number of nitrogens with zero attached hydrogens (tertiary/aromatic N) is 4. The molecule has 0 saturated carbocycles. The van der Waals surface area contributed by atoms with Gasteiger partial charge in [0.1, 0.15) is 5.75 Å². The zero-order chi connectivity index (χ0) is 23.9. The Morgan fingerprint density at radius 1 is 1.00 bits per heavy atom. The van der Waals surface area contributed by atoms with Crippen LogP contribution in [0.4, 0.5) is 5.69 Å². The highest BCUT2D eigenvalue weighted by atomic mass is 32.2. The molecule has 0 aliphatic rings. The highest BCUT2D eigenvalue weighted by Gasteiger charge is 2.16. The number of fused-ring (bicyclic) bond motifs is 1. The van der Waals surface area contributed by atoms with Crippen molar-refractivity contribution in [2.24, 2.45) is 0 Å². The van der Waals surface area contributed by atoms with Crippen LogP contribution in [0.15, 0.2) is 74.8 Å². The van der Waals surface area contributed by atoms with Gasteiger partial charge in [-0.05, 0) is 68.4 Å². The molecule has 0 bridgehead atoms. The molecule has 12 heteroatoms. The van der Waals surface area contributed by atoms with Crippen molar-refractivity contribution in [3.05, 3.63) is 82.6 Å². The number of anilines is 1. The Morgan fingerprint density at radius 3 is 2.47 bits per heavy atom. The third kappa shape index (κ3) is 4.26. The predicted octanol–water partition coefficient (Wildman–Crippen LogP) is 3.31. The Bertz CT molecular complexity index is 1650. The summed E-state index contributed by atoms with van der Waals surface area (Å²) in [6, 6.07) is 15.8. The third-order valence-corrected chi connectivity index (χ3v) is 6.26. The van der Waals surface area contributed by atoms with Crippen LogP contribution in [0.1, 0.15) is 11.4 Å². The first-order chi connectivity index (χ1) is 16.3. The third-order valence-electron chi connectivity index (χ3n) is 4.88. The van der Waals surface area contributed by atoms with Gasteiger partial charge in [-0.15, -0.1) is 10.2 Å². The number of aromatic amines is 1. The molecule has 3 heterocycles. The quantitative estimate of drug-likeness (QED) is 0.378. The molecule has 0 amide bonds. The number of H-pyrrole nitrogens is 1. The number of ether oxygens (including phenoxy) is 1. The van der Waals surface area contributed by atoms with E-state index in [0.29, 0.717) is 22.8 Å². The molecule has 5 rings (SSSR count). The normalized spacial score (nSPS) is 11.6. The second-order valence-corrected chi connectivity index (χ2v) is 9.16. The van der Waals surface area contributed by atoms with Gasteiger partial charge in [-0.2, -0.15) is 5.10 Å². The van der Waals surface area contributed by atoms with Crippen LogP contribution in [-0.2, 0) is 10.0 Å². The molecule has 3 aromatic heterocycles. The van der Waals surface area contributed by atoms with Gasteiger partial charge in [0.2, 0.25) is 5.88 Å². The standard InChI is InChI=1S/C22H18N6O5S/c1-13-11-14(2)28(26-13)20-9-10-21(25-24-20)32-16-5-3-15(4-6-16)27-34(30,31)17-7-8-19-18(12-17)23-22(29)33-19/h3-12,27H,1-2H3,(H,23,29). The van der Waals surface area contributed by atoms with E-state index in [1.165, 1.54) is 18.2 Å². The van der Waals surface area contributed by atoms with Crippen molar-refractivity contribution >= 4 is 26.8 Å². The summed E-state index contributed by atoms with van der Waals surface area (Å²) in [4.78, 5) is 13.7. The van der Waals surface area contributed by atoms with E-state index >= 15 is 0 Å². The largest absolute Gasteiger partial charge is 0.438 e. The van der Waals surface area contributed by atoms with Crippen molar-refractivity contribution < 1.29 is 17.6 Å². The van der Waals surface area contributed by atoms with Crippen LogP contribution in [0.25, 0.3) is 16.9 Å². The van der Waals surface area contributed by atoms with E-state index in [-0.39, 0.29) is 16.4 Å². The molecular formula is C22H18N6O5S. The van der Waals surface area contributed by atoms with Crippen LogP contribution in [0.5, 0.6) is 11.6 Å². The van der Waals surface area contributed by atoms with E-state index < -0.39 is 15.8 Å². The number of nitrogens with one attached hydrogen (secondary N) is 2. The Morgan fingerprint density at radius 2 is 1.79 bits per heavy atom. The number of hydrogen-bond acceptors (Lipinski definition) is 8. The zero-order valence-corrected chi connectivity index (χ0v) is 18.8. The number of sulfonamides is 1. The highest BCUT2D eigenvalue weighted by Crippen LogP contribution is 2.24. The van der Waals surface area contributed by atoms with Gasteiger partial charge in [0.15, 0.2) is 11.4 Å². The first-order valence-corrected chi connectivity index (χ1v) is 11.6. The number of benzene rings is 2. The van der Waals surface area contributed by atoms with Crippen molar-refractivity contribution in [3.63, 3.8) is 0 Å². The smallest absolute Gasteiger partial charge is 0.417 e. The van der Waals surface area contributed by atoms with Crippen LogP contribution < -0.4 is 15.2 Å². The number of rotatable bonds is 6. The maximum atomic E-state index is 12.7. The first-order valence-electron chi connectivity index (χ1n) is 10.1. The van der Waals surface area contributed by atoms with Crippen LogP contribution in [0.2, 0.25) is 0 Å². The van der Waals surface area contributed by atoms with E-state index in [0.717, 1.165) is 11.4 Å². The van der Waals surface area contributed by atoms with Gasteiger partial charge < -0.3 is 9.15 Å². The lowest BCUT2D eigenvalue weighted by Gasteiger charge is -2.09. The summed E-state index contributed by atoms with van der Waals surface area (Å²) >= 11 is 0. The maximum Gasteiger partial charge on any atom is 0.417 e. The van der Waals surface area contributed by atoms with E-state index in [9.17, 15) is 13.2 Å². The molecule has 11 nitrogen and oxygen atoms in total. The van der Waals surface area contributed by atoms with E-state index in [1.807, 2.05) is 19.9 Å². The Balaban J connectivity index is 1.28. The van der Waals surface area contributed by atoms with Crippen LogP contribution in [0.3, 0.4) is 0 Å². The van der Waals surface area contributed by atoms with Gasteiger partial charge in [-0.3, -0.25) is 9.71 Å². The molecule has 0 saturated heterocycles. The number of aryl methyl sites for hydroxylation is 2. The second kappa shape index (κ2) is 8.15. The van der Waals surface area contributed by atoms with Gasteiger partial charge in [0.05, 0.1) is 16.1 Å². The molecule has 172 valence electrons. The minimum absolute atomic E-state index is 0.0182. The molecule has 0 spiro atoms. The van der Waals surface area contributed by atoms with Crippen LogP contribution in [0, 0.1) is 13.8 Å². The second-order valence-electron chi connectivity index (χ2n) is 7.47. The van der Waals surface area contributed by atoms with E-state index in [1.54, 1.807) is 41.1 Å². The number of aromatic nitrogens is 5. The topological polar surface area (TPSA) is 145 Å². The summed E-state index contributed by atoms with van der Waals surface area (Å²) in [5.41, 5.74) is 2.72. The van der Waals surface area contributed by atoms with Gasteiger partial charge >= 0.3 is 5.76 Å². The van der Waals surface area contributed by atoms with Crippen molar-refractivity contribution in [2.45, 2.75) is 18.7 Å². The lowest BCUT2D eigenvalue weighted by molar-refractivity contribution is 0.454. The summed E-state index contributed by atoms with van der Waals surface area (Å²) < 4.78 is 40.2. The molecule has 0 unspecified atom stereocenters. The van der Waals surface area contributed by atoms with E-state index in [4.69, 9.17) is 9.15 Å². The fourth-order valence-electron chi connectivity index (χ4n) is 3.37. The van der Waals surface area contributed by atoms with Gasteiger partial charge in [0, 0.05) is 17.4 Å². The summed E-state index contributed by atoms with van der Waals surface area (Å²) in [7, 11) is -3.89. The molecule has 5 aromatic rings. The van der Waals surface area contributed by atoms with Crippen molar-refractivity contribution in [3.8, 4) is 17.4 Å². The number of hydrogen-bond donors (Lipinski definition) is 2. The molecule has 0 aliphatic heterocycles. The first kappa shape index (κ1) is 21.4. The number of oxazole rings is 1. The molecule has 0 fully saturated rings. The summed E-state index contributed by atoms with van der Waals surface area (Å²) in [6.45, 7) is 3.83. The predicted molar refractivity (Wildman–Crippen MR) is 123 cm³/mol. The van der Waals surface area contributed by atoms with Crippen molar-refractivity contribution in [1.82, 2.24) is 25.0 Å². The highest BCUT2D eigenvalue weighted by molar-refractivity contribution is 7.92.